The first-order chi connectivity index (χ1) is 14.5. The number of hydrogen-bond acceptors (Lipinski definition) is 5. The van der Waals surface area contributed by atoms with Gasteiger partial charge in [0.05, 0.1) is 31.4 Å². The van der Waals surface area contributed by atoms with Crippen molar-refractivity contribution >= 4 is 12.4 Å². The molecule has 1 unspecified atom stereocenters. The molecule has 2 heterocycles. The molecule has 1 aliphatic heterocycles. The molecular formula is C22H23N3O5. The number of aromatic nitrogens is 2. The van der Waals surface area contributed by atoms with Gasteiger partial charge in [-0.2, -0.15) is 0 Å². The topological polar surface area (TPSA) is 116 Å². The average Bonchev–Trinajstić information content (AvgIpc) is 3.21. The summed E-state index contributed by atoms with van der Waals surface area (Å²) in [5.74, 6) is 0.846. The largest absolute Gasteiger partial charge is 0.508 e. The number of carbonyl (C=O) groups is 2. The van der Waals surface area contributed by atoms with Crippen LogP contribution >= 0.6 is 0 Å². The number of nitrogens with one attached hydrogen (secondary N) is 1. The summed E-state index contributed by atoms with van der Waals surface area (Å²) in [5.41, 5.74) is 4.34. The van der Waals surface area contributed by atoms with Crippen molar-refractivity contribution in [3.8, 4) is 11.5 Å². The van der Waals surface area contributed by atoms with Crippen molar-refractivity contribution in [1.29, 1.82) is 0 Å². The molecule has 30 heavy (non-hydrogen) atoms. The van der Waals surface area contributed by atoms with Crippen LogP contribution in [0.4, 0.5) is 0 Å². The molecule has 0 spiro atoms. The molecule has 0 bridgehead atoms. The van der Waals surface area contributed by atoms with Crippen LogP contribution in [0.3, 0.4) is 0 Å². The smallest absolute Gasteiger partial charge is 0.290 e. The number of aromatic hydroxyl groups is 1. The van der Waals surface area contributed by atoms with Crippen LogP contribution in [0, 0.1) is 6.92 Å². The second kappa shape index (κ2) is 9.13. The van der Waals surface area contributed by atoms with Gasteiger partial charge in [-0.25, -0.2) is 4.98 Å². The molecule has 3 N–H and O–H groups in total. The van der Waals surface area contributed by atoms with Crippen LogP contribution in [0.15, 0.2) is 48.8 Å². The Morgan fingerprint density at radius 1 is 1.30 bits per heavy atom. The molecule has 1 atom stereocenters. The van der Waals surface area contributed by atoms with Gasteiger partial charge >= 0.3 is 0 Å². The lowest BCUT2D eigenvalue weighted by Gasteiger charge is -2.32. The summed E-state index contributed by atoms with van der Waals surface area (Å²) < 4.78 is 5.29. The normalized spacial score (nSPS) is 14.9. The summed E-state index contributed by atoms with van der Waals surface area (Å²) >= 11 is 0. The van der Waals surface area contributed by atoms with Crippen molar-refractivity contribution in [3.63, 3.8) is 0 Å². The summed E-state index contributed by atoms with van der Waals surface area (Å²) in [6.45, 7) is 2.66. The van der Waals surface area contributed by atoms with Crippen molar-refractivity contribution in [3.05, 3.63) is 76.9 Å². The molecule has 8 heteroatoms. The highest BCUT2D eigenvalue weighted by Gasteiger charge is 2.32. The molecule has 1 amide bonds. The Hall–Kier alpha value is -3.81. The Balaban J connectivity index is 0.000000806. The van der Waals surface area contributed by atoms with Crippen LogP contribution in [0.2, 0.25) is 0 Å². The molecule has 0 fully saturated rings. The maximum atomic E-state index is 13.1. The zero-order valence-electron chi connectivity index (χ0n) is 16.7. The maximum absolute atomic E-state index is 13.1. The number of hydrogen-bond donors (Lipinski definition) is 3. The minimum absolute atomic E-state index is 0.0360. The van der Waals surface area contributed by atoms with Crippen molar-refractivity contribution < 1.29 is 24.5 Å². The number of methoxy groups -OCH3 is 1. The molecule has 156 valence electrons. The van der Waals surface area contributed by atoms with Crippen molar-refractivity contribution in [2.45, 2.75) is 19.4 Å². The first-order valence-electron chi connectivity index (χ1n) is 9.31. The number of rotatable bonds is 3. The van der Waals surface area contributed by atoms with E-state index in [1.54, 1.807) is 31.6 Å². The number of phenolic OH excluding ortho intramolecular Hbond substituents is 1. The SMILES string of the molecule is COc1ccc(C(=O)N2Cc3[nH]cnc3C(c3cccc(O)c3)C2)cc1C.O=CO. The van der Waals surface area contributed by atoms with Gasteiger partial charge < -0.3 is 24.8 Å². The molecule has 4 rings (SSSR count). The van der Waals surface area contributed by atoms with E-state index in [4.69, 9.17) is 14.6 Å². The summed E-state index contributed by atoms with van der Waals surface area (Å²) in [5, 5.41) is 16.7. The number of fused-ring (bicyclic) bond motifs is 1. The number of amides is 1. The minimum Gasteiger partial charge on any atom is -0.508 e. The third-order valence-corrected chi connectivity index (χ3v) is 5.04. The van der Waals surface area contributed by atoms with Crippen LogP contribution in [0.1, 0.15) is 38.8 Å². The third kappa shape index (κ3) is 4.27. The first-order valence-corrected chi connectivity index (χ1v) is 9.31. The highest BCUT2D eigenvalue weighted by molar-refractivity contribution is 5.94. The Morgan fingerprint density at radius 2 is 2.07 bits per heavy atom. The average molecular weight is 409 g/mol. The van der Waals surface area contributed by atoms with Gasteiger partial charge in [0, 0.05) is 18.0 Å². The van der Waals surface area contributed by atoms with Crippen LogP contribution < -0.4 is 4.74 Å². The molecule has 0 saturated carbocycles. The van der Waals surface area contributed by atoms with E-state index >= 15 is 0 Å². The molecule has 1 aromatic heterocycles. The molecule has 0 aliphatic carbocycles. The summed E-state index contributed by atoms with van der Waals surface area (Å²) in [6, 6.07) is 12.6. The number of ether oxygens (including phenoxy) is 1. The van der Waals surface area contributed by atoms with Gasteiger partial charge in [0.1, 0.15) is 11.5 Å². The fourth-order valence-corrected chi connectivity index (χ4v) is 3.67. The monoisotopic (exact) mass is 409 g/mol. The number of H-pyrrole nitrogens is 1. The quantitative estimate of drug-likeness (QED) is 0.573. The van der Waals surface area contributed by atoms with Crippen LogP contribution in [0.5, 0.6) is 11.5 Å². The zero-order chi connectivity index (χ0) is 21.7. The van der Waals surface area contributed by atoms with Crippen LogP contribution in [-0.2, 0) is 11.3 Å². The van der Waals surface area contributed by atoms with E-state index in [-0.39, 0.29) is 24.0 Å². The van der Waals surface area contributed by atoms with Gasteiger partial charge in [-0.05, 0) is 48.4 Å². The van der Waals surface area contributed by atoms with E-state index in [9.17, 15) is 9.90 Å². The number of aryl methyl sites for hydroxylation is 1. The number of carboxylic acid groups (broad SMARTS) is 1. The maximum Gasteiger partial charge on any atom is 0.290 e. The summed E-state index contributed by atoms with van der Waals surface area (Å²) in [7, 11) is 1.62. The highest BCUT2D eigenvalue weighted by atomic mass is 16.5. The fraction of sp³-hybridized carbons (Fsp3) is 0.227. The van der Waals surface area contributed by atoms with Gasteiger partial charge in [0.15, 0.2) is 0 Å². The Bertz CT molecular complexity index is 1050. The predicted octanol–water partition coefficient (Wildman–Crippen LogP) is 2.92. The van der Waals surface area contributed by atoms with Crippen LogP contribution in [-0.4, -0.2) is 51.1 Å². The highest BCUT2D eigenvalue weighted by Crippen LogP contribution is 2.33. The van der Waals surface area contributed by atoms with E-state index in [1.807, 2.05) is 36.1 Å². The lowest BCUT2D eigenvalue weighted by molar-refractivity contribution is -0.122. The number of carbonyl (C=O) groups excluding carboxylic acids is 1. The number of phenols is 1. The molecule has 0 saturated heterocycles. The lowest BCUT2D eigenvalue weighted by Crippen LogP contribution is -2.38. The van der Waals surface area contributed by atoms with E-state index < -0.39 is 0 Å². The summed E-state index contributed by atoms with van der Waals surface area (Å²) in [4.78, 5) is 30.9. The van der Waals surface area contributed by atoms with Crippen molar-refractivity contribution in [1.82, 2.24) is 14.9 Å². The van der Waals surface area contributed by atoms with Crippen molar-refractivity contribution in [2.75, 3.05) is 13.7 Å². The van der Waals surface area contributed by atoms with Gasteiger partial charge in [0.25, 0.3) is 12.4 Å². The van der Waals surface area contributed by atoms with E-state index in [1.165, 1.54) is 0 Å². The molecule has 3 aromatic rings. The molecule has 0 radical (unpaired) electrons. The molecule has 1 aliphatic rings. The van der Waals surface area contributed by atoms with E-state index in [2.05, 4.69) is 9.97 Å². The van der Waals surface area contributed by atoms with E-state index in [0.29, 0.717) is 18.7 Å². The Morgan fingerprint density at radius 3 is 2.73 bits per heavy atom. The second-order valence-electron chi connectivity index (χ2n) is 6.89. The van der Waals surface area contributed by atoms with Gasteiger partial charge in [-0.1, -0.05) is 12.1 Å². The fourth-order valence-electron chi connectivity index (χ4n) is 3.67. The van der Waals surface area contributed by atoms with Crippen LogP contribution in [0.25, 0.3) is 0 Å². The molecular weight excluding hydrogens is 386 g/mol. The third-order valence-electron chi connectivity index (χ3n) is 5.04. The number of imidazole rings is 1. The standard InChI is InChI=1S/C21H21N3O3.CH2O2/c1-13-8-15(6-7-19(13)27-2)21(26)24-10-17(14-4-3-5-16(25)9-14)20-18(11-24)22-12-23-20;2-1-3/h3-9,12,17,25H,10-11H2,1-2H3,(H,22,23);1H,(H,2,3). The Kier molecular flexibility index (Phi) is 6.36. The first kappa shape index (κ1) is 20.9. The van der Waals surface area contributed by atoms with Gasteiger partial charge in [0.2, 0.25) is 0 Å². The number of aromatic amines is 1. The number of nitrogens with zero attached hydrogens (tertiary/aromatic N) is 2. The zero-order valence-corrected chi connectivity index (χ0v) is 16.7. The van der Waals surface area contributed by atoms with Gasteiger partial charge in [-0.15, -0.1) is 0 Å². The van der Waals surface area contributed by atoms with Crippen molar-refractivity contribution in [2.24, 2.45) is 0 Å². The summed E-state index contributed by atoms with van der Waals surface area (Å²) in [6.07, 6.45) is 1.66. The minimum atomic E-state index is -0.250. The predicted molar refractivity (Wildman–Crippen MR) is 110 cm³/mol. The lowest BCUT2D eigenvalue weighted by atomic mass is 9.90. The number of benzene rings is 2. The molecule has 2 aromatic carbocycles. The van der Waals surface area contributed by atoms with Gasteiger partial charge in [-0.3, -0.25) is 9.59 Å². The second-order valence-corrected chi connectivity index (χ2v) is 6.89. The van der Waals surface area contributed by atoms with E-state index in [0.717, 1.165) is 28.3 Å². The Labute approximate surface area is 173 Å². The molecule has 8 nitrogen and oxygen atoms in total.